The summed E-state index contributed by atoms with van der Waals surface area (Å²) in [6, 6.07) is 19.2. The fraction of sp³-hybridized carbons (Fsp3) is 0.321. The van der Waals surface area contributed by atoms with Crippen molar-refractivity contribution in [2.45, 2.75) is 46.1 Å². The molecule has 0 aromatic heterocycles. The van der Waals surface area contributed by atoms with E-state index in [0.717, 1.165) is 29.7 Å². The van der Waals surface area contributed by atoms with Gasteiger partial charge in [-0.1, -0.05) is 53.6 Å². The molecule has 3 rings (SSSR count). The minimum absolute atomic E-state index is 0.255. The van der Waals surface area contributed by atoms with Gasteiger partial charge in [0, 0.05) is 26.2 Å². The maximum Gasteiger partial charge on any atom is 0.416 e. The first kappa shape index (κ1) is 26.4. The fourth-order valence-corrected chi connectivity index (χ4v) is 3.97. The van der Waals surface area contributed by atoms with Gasteiger partial charge in [-0.05, 0) is 67.8 Å². The highest BCUT2D eigenvalue weighted by molar-refractivity contribution is 5.87. The maximum absolute atomic E-state index is 13.3. The van der Waals surface area contributed by atoms with Gasteiger partial charge in [0.25, 0.3) is 0 Å². The lowest BCUT2D eigenvalue weighted by molar-refractivity contribution is -0.137. The zero-order valence-corrected chi connectivity index (χ0v) is 20.0. The largest absolute Gasteiger partial charge is 0.478 e. The second-order valence-corrected chi connectivity index (χ2v) is 8.93. The van der Waals surface area contributed by atoms with Crippen LogP contribution in [-0.2, 0) is 25.8 Å². The van der Waals surface area contributed by atoms with Crippen molar-refractivity contribution in [2.24, 2.45) is 0 Å². The van der Waals surface area contributed by atoms with Crippen LogP contribution < -0.4 is 5.32 Å². The Labute approximate surface area is 204 Å². The van der Waals surface area contributed by atoms with Gasteiger partial charge in [-0.2, -0.15) is 13.2 Å². The van der Waals surface area contributed by atoms with Crippen LogP contribution in [0.1, 0.15) is 50.2 Å². The van der Waals surface area contributed by atoms with Gasteiger partial charge in [0.15, 0.2) is 0 Å². The summed E-state index contributed by atoms with van der Waals surface area (Å²) >= 11 is 0. The number of aryl methyl sites for hydroxylation is 2. The van der Waals surface area contributed by atoms with Crippen molar-refractivity contribution in [2.75, 3.05) is 13.1 Å². The Balaban J connectivity index is 1.61. The molecule has 0 fully saturated rings. The van der Waals surface area contributed by atoms with Crippen molar-refractivity contribution in [3.05, 3.63) is 106 Å². The Hall–Kier alpha value is -3.16. The molecule has 0 radical (unpaired) electrons. The topological polar surface area (TPSA) is 52.6 Å². The number of carbonyl (C=O) groups is 1. The molecule has 0 bridgehead atoms. The summed E-state index contributed by atoms with van der Waals surface area (Å²) in [5, 5.41) is 12.3. The molecule has 4 nitrogen and oxygen atoms in total. The number of carboxylic acid groups (broad SMARTS) is 1. The molecule has 0 aliphatic rings. The summed E-state index contributed by atoms with van der Waals surface area (Å²) in [6.45, 7) is 6.84. The highest BCUT2D eigenvalue weighted by Crippen LogP contribution is 2.31. The smallest absolute Gasteiger partial charge is 0.416 e. The van der Waals surface area contributed by atoms with Crippen LogP contribution in [0.25, 0.3) is 0 Å². The fourth-order valence-electron chi connectivity index (χ4n) is 3.97. The third-order valence-corrected chi connectivity index (χ3v) is 5.76. The monoisotopic (exact) mass is 484 g/mol. The first-order valence-electron chi connectivity index (χ1n) is 11.6. The van der Waals surface area contributed by atoms with E-state index in [1.165, 1.54) is 12.1 Å². The van der Waals surface area contributed by atoms with E-state index >= 15 is 0 Å². The lowest BCUT2D eigenvalue weighted by Crippen LogP contribution is -2.27. The summed E-state index contributed by atoms with van der Waals surface area (Å²) in [7, 11) is 0. The molecule has 0 amide bonds. The number of hydrogen-bond acceptors (Lipinski definition) is 3. The van der Waals surface area contributed by atoms with Crippen LogP contribution in [0.3, 0.4) is 0 Å². The summed E-state index contributed by atoms with van der Waals surface area (Å²) in [5.74, 6) is -0.950. The molecule has 0 saturated heterocycles. The SMILES string of the molecule is Cc1ccc(CN(CCCNCc2ccc(C(=O)O)cc2)Cc2cc(C)cc(C(F)(F)F)c2)cc1. The van der Waals surface area contributed by atoms with E-state index in [9.17, 15) is 18.0 Å². The van der Waals surface area contributed by atoms with Gasteiger partial charge in [-0.15, -0.1) is 0 Å². The maximum atomic E-state index is 13.3. The zero-order chi connectivity index (χ0) is 25.4. The number of nitrogens with zero attached hydrogens (tertiary/aromatic N) is 1. The number of nitrogens with one attached hydrogen (secondary N) is 1. The van der Waals surface area contributed by atoms with E-state index in [4.69, 9.17) is 5.11 Å². The normalized spacial score (nSPS) is 11.7. The zero-order valence-electron chi connectivity index (χ0n) is 20.0. The number of alkyl halides is 3. The molecule has 3 aromatic rings. The lowest BCUT2D eigenvalue weighted by Gasteiger charge is -2.24. The van der Waals surface area contributed by atoms with Crippen molar-refractivity contribution >= 4 is 5.97 Å². The van der Waals surface area contributed by atoms with E-state index in [1.807, 2.05) is 25.1 Å². The summed E-state index contributed by atoms with van der Waals surface area (Å²) in [4.78, 5) is 13.1. The van der Waals surface area contributed by atoms with E-state index in [-0.39, 0.29) is 5.56 Å². The van der Waals surface area contributed by atoms with Crippen LogP contribution in [0.2, 0.25) is 0 Å². The summed E-state index contributed by atoms with van der Waals surface area (Å²) < 4.78 is 39.9. The average Bonchev–Trinajstić information content (AvgIpc) is 2.79. The Kier molecular flexibility index (Phi) is 9.07. The highest BCUT2D eigenvalue weighted by Gasteiger charge is 2.31. The van der Waals surface area contributed by atoms with E-state index < -0.39 is 17.7 Å². The highest BCUT2D eigenvalue weighted by atomic mass is 19.4. The van der Waals surface area contributed by atoms with Gasteiger partial charge < -0.3 is 10.4 Å². The second kappa shape index (κ2) is 12.0. The van der Waals surface area contributed by atoms with Crippen molar-refractivity contribution < 1.29 is 23.1 Å². The van der Waals surface area contributed by atoms with Gasteiger partial charge in [0.2, 0.25) is 0 Å². The minimum atomic E-state index is -4.37. The Bertz CT molecular complexity index is 1110. The van der Waals surface area contributed by atoms with Crippen molar-refractivity contribution in [3.63, 3.8) is 0 Å². The molecule has 2 N–H and O–H groups in total. The molecule has 35 heavy (non-hydrogen) atoms. The van der Waals surface area contributed by atoms with E-state index in [2.05, 4.69) is 22.3 Å². The van der Waals surface area contributed by atoms with Crippen LogP contribution in [-0.4, -0.2) is 29.1 Å². The van der Waals surface area contributed by atoms with Crippen LogP contribution in [0.4, 0.5) is 13.2 Å². The molecule has 0 aliphatic heterocycles. The molecular formula is C28H31F3N2O2. The Morgan fingerprint density at radius 3 is 2.11 bits per heavy atom. The van der Waals surface area contributed by atoms with E-state index in [1.54, 1.807) is 31.2 Å². The molecule has 0 heterocycles. The third kappa shape index (κ3) is 8.53. The van der Waals surface area contributed by atoms with E-state index in [0.29, 0.717) is 37.3 Å². The van der Waals surface area contributed by atoms with Crippen molar-refractivity contribution in [3.8, 4) is 0 Å². The Morgan fingerprint density at radius 1 is 0.857 bits per heavy atom. The minimum Gasteiger partial charge on any atom is -0.478 e. The lowest BCUT2D eigenvalue weighted by atomic mass is 10.0. The van der Waals surface area contributed by atoms with Gasteiger partial charge in [-0.25, -0.2) is 4.79 Å². The van der Waals surface area contributed by atoms with Gasteiger partial charge in [0.1, 0.15) is 0 Å². The quantitative estimate of drug-likeness (QED) is 0.318. The molecular weight excluding hydrogens is 453 g/mol. The number of hydrogen-bond donors (Lipinski definition) is 2. The molecule has 0 saturated carbocycles. The van der Waals surface area contributed by atoms with Gasteiger partial charge >= 0.3 is 12.1 Å². The summed E-state index contributed by atoms with van der Waals surface area (Å²) in [6.07, 6.45) is -3.55. The molecule has 7 heteroatoms. The number of benzene rings is 3. The molecule has 3 aromatic carbocycles. The van der Waals surface area contributed by atoms with Crippen LogP contribution in [0.15, 0.2) is 66.7 Å². The molecule has 0 spiro atoms. The predicted octanol–water partition coefficient (Wildman–Crippen LogP) is 6.20. The standard InChI is InChI=1S/C28H31F3N2O2/c1-20-4-6-23(7-5-20)18-33(19-24-14-21(2)15-26(16-24)28(29,30)31)13-3-12-32-17-22-8-10-25(11-9-22)27(34)35/h4-11,14-16,32H,3,12-13,17-19H2,1-2H3,(H,34,35). The van der Waals surface area contributed by atoms with Gasteiger partial charge in [0.05, 0.1) is 11.1 Å². The van der Waals surface area contributed by atoms with Crippen LogP contribution in [0, 0.1) is 13.8 Å². The average molecular weight is 485 g/mol. The molecule has 0 unspecified atom stereocenters. The number of halogens is 3. The number of rotatable bonds is 11. The molecule has 0 atom stereocenters. The first-order chi connectivity index (χ1) is 16.6. The summed E-state index contributed by atoms with van der Waals surface area (Å²) in [5.41, 5.74) is 4.16. The van der Waals surface area contributed by atoms with Crippen LogP contribution >= 0.6 is 0 Å². The van der Waals surface area contributed by atoms with Gasteiger partial charge in [-0.3, -0.25) is 4.90 Å². The van der Waals surface area contributed by atoms with Crippen molar-refractivity contribution in [1.29, 1.82) is 0 Å². The number of carboxylic acids is 1. The third-order valence-electron chi connectivity index (χ3n) is 5.76. The van der Waals surface area contributed by atoms with Crippen LogP contribution in [0.5, 0.6) is 0 Å². The number of aromatic carboxylic acids is 1. The second-order valence-electron chi connectivity index (χ2n) is 8.93. The predicted molar refractivity (Wildman–Crippen MR) is 131 cm³/mol. The Morgan fingerprint density at radius 2 is 1.49 bits per heavy atom. The van der Waals surface area contributed by atoms with Crippen molar-refractivity contribution in [1.82, 2.24) is 10.2 Å². The molecule has 0 aliphatic carbocycles. The first-order valence-corrected chi connectivity index (χ1v) is 11.6. The molecule has 186 valence electrons.